The zero-order valence-electron chi connectivity index (χ0n) is 25.5. The number of amides is 1. The van der Waals surface area contributed by atoms with Crippen LogP contribution in [0, 0.1) is 5.82 Å². The Morgan fingerprint density at radius 2 is 1.63 bits per heavy atom. The summed E-state index contributed by atoms with van der Waals surface area (Å²) < 4.78 is 63.9. The van der Waals surface area contributed by atoms with Crippen molar-refractivity contribution in [2.75, 3.05) is 57.2 Å². The number of furan rings is 1. The Kier molecular flexibility index (Phi) is 10.2. The molecule has 1 aliphatic carbocycles. The average molecular weight is 655 g/mol. The second-order valence-corrected chi connectivity index (χ2v) is 12.7. The van der Waals surface area contributed by atoms with Gasteiger partial charge in [-0.15, -0.1) is 0 Å². The maximum Gasteiger partial charge on any atom is 0.335 e. The SMILES string of the molecule is CNC(=O)c1c(-c2ccc(F)cc2)oc2cc(N(CCOCCOCCOc3ccc(C(=O)O)cc3)S(C)(=O)=O)c(C3CC3)cc12. The number of carbonyl (C=O) groups is 2. The van der Waals surface area contributed by atoms with Crippen LogP contribution in [0.4, 0.5) is 10.1 Å². The number of hydrogen-bond acceptors (Lipinski definition) is 8. The van der Waals surface area contributed by atoms with E-state index in [0.717, 1.165) is 24.7 Å². The summed E-state index contributed by atoms with van der Waals surface area (Å²) in [5.74, 6) is -0.871. The van der Waals surface area contributed by atoms with Crippen LogP contribution in [0.2, 0.25) is 0 Å². The lowest BCUT2D eigenvalue weighted by Gasteiger charge is -2.25. The molecule has 5 rings (SSSR count). The van der Waals surface area contributed by atoms with Crippen LogP contribution in [0.25, 0.3) is 22.3 Å². The lowest BCUT2D eigenvalue weighted by molar-refractivity contribution is 0.0390. The molecule has 0 atom stereocenters. The number of halogens is 1. The molecule has 0 unspecified atom stereocenters. The summed E-state index contributed by atoms with van der Waals surface area (Å²) in [5.41, 5.74) is 2.59. The minimum atomic E-state index is -3.72. The number of anilines is 1. The molecule has 244 valence electrons. The van der Waals surface area contributed by atoms with Crippen molar-refractivity contribution in [3.63, 3.8) is 0 Å². The van der Waals surface area contributed by atoms with Crippen LogP contribution >= 0.6 is 0 Å². The summed E-state index contributed by atoms with van der Waals surface area (Å²) in [6.07, 6.45) is 2.91. The molecule has 0 saturated heterocycles. The van der Waals surface area contributed by atoms with E-state index >= 15 is 0 Å². The molecule has 4 aromatic rings. The Morgan fingerprint density at radius 3 is 2.24 bits per heavy atom. The monoisotopic (exact) mass is 654 g/mol. The largest absolute Gasteiger partial charge is 0.491 e. The molecule has 0 radical (unpaired) electrons. The predicted octanol–water partition coefficient (Wildman–Crippen LogP) is 5.05. The molecular formula is C33H35FN2O9S. The highest BCUT2D eigenvalue weighted by Crippen LogP contribution is 2.48. The van der Waals surface area contributed by atoms with Crippen LogP contribution in [0.1, 0.15) is 45.0 Å². The van der Waals surface area contributed by atoms with Gasteiger partial charge in [0, 0.05) is 24.1 Å². The number of nitrogens with one attached hydrogen (secondary N) is 1. The van der Waals surface area contributed by atoms with Crippen molar-refractivity contribution < 1.29 is 46.1 Å². The van der Waals surface area contributed by atoms with Gasteiger partial charge in [-0.1, -0.05) is 0 Å². The van der Waals surface area contributed by atoms with Gasteiger partial charge in [0.2, 0.25) is 10.0 Å². The van der Waals surface area contributed by atoms with Crippen LogP contribution in [0.15, 0.2) is 65.1 Å². The molecule has 0 bridgehead atoms. The summed E-state index contributed by atoms with van der Waals surface area (Å²) in [5, 5.41) is 12.2. The van der Waals surface area contributed by atoms with Gasteiger partial charge in [0.15, 0.2) is 0 Å². The minimum absolute atomic E-state index is 0.0489. The van der Waals surface area contributed by atoms with Gasteiger partial charge < -0.3 is 29.1 Å². The highest BCUT2D eigenvalue weighted by atomic mass is 32.2. The standard InChI is InChI=1S/C33H35FN2O9S/c1-35-32(37)30-27-19-26(21-3-4-21)28(20-29(27)45-31(30)22-5-9-24(34)10-6-22)36(46(2,40)41)13-14-42-15-16-43-17-18-44-25-11-7-23(8-12-25)33(38)39/h5-12,19-21H,3-4,13-18H2,1-2H3,(H,35,37)(H,38,39). The average Bonchev–Trinajstić information content (AvgIpc) is 3.81. The van der Waals surface area contributed by atoms with Crippen LogP contribution in [-0.2, 0) is 19.5 Å². The molecule has 0 aliphatic heterocycles. The maximum atomic E-state index is 13.6. The fourth-order valence-electron chi connectivity index (χ4n) is 5.09. The number of aromatic carboxylic acids is 1. The summed E-state index contributed by atoms with van der Waals surface area (Å²) in [6.45, 7) is 1.19. The molecular weight excluding hydrogens is 619 g/mol. The number of rotatable bonds is 16. The summed E-state index contributed by atoms with van der Waals surface area (Å²) in [6, 6.07) is 15.2. The van der Waals surface area contributed by atoms with Crippen LogP contribution in [0.3, 0.4) is 0 Å². The number of benzene rings is 3. The zero-order chi connectivity index (χ0) is 32.8. The molecule has 1 saturated carbocycles. The Balaban J connectivity index is 1.24. The highest BCUT2D eigenvalue weighted by Gasteiger charge is 2.33. The Hall–Kier alpha value is -4.46. The number of fused-ring (bicyclic) bond motifs is 1. The first-order chi connectivity index (χ1) is 22.1. The van der Waals surface area contributed by atoms with E-state index < -0.39 is 21.8 Å². The van der Waals surface area contributed by atoms with Crippen molar-refractivity contribution in [3.05, 3.63) is 83.2 Å². The van der Waals surface area contributed by atoms with E-state index in [-0.39, 0.29) is 62.7 Å². The van der Waals surface area contributed by atoms with E-state index in [2.05, 4.69) is 5.32 Å². The Morgan fingerprint density at radius 1 is 0.978 bits per heavy atom. The van der Waals surface area contributed by atoms with E-state index in [1.54, 1.807) is 18.2 Å². The fourth-order valence-corrected chi connectivity index (χ4v) is 6.01. The van der Waals surface area contributed by atoms with Gasteiger partial charge in [0.1, 0.15) is 29.5 Å². The third kappa shape index (κ3) is 7.84. The first-order valence-corrected chi connectivity index (χ1v) is 16.6. The van der Waals surface area contributed by atoms with E-state index in [4.69, 9.17) is 23.7 Å². The maximum absolute atomic E-state index is 13.6. The van der Waals surface area contributed by atoms with Crippen molar-refractivity contribution in [3.8, 4) is 17.1 Å². The van der Waals surface area contributed by atoms with Crippen molar-refractivity contribution in [2.45, 2.75) is 18.8 Å². The Labute approximate surface area is 265 Å². The number of carbonyl (C=O) groups excluding carboxylic acids is 1. The van der Waals surface area contributed by atoms with E-state index in [9.17, 15) is 22.4 Å². The first-order valence-electron chi connectivity index (χ1n) is 14.7. The Bertz CT molecular complexity index is 1800. The molecule has 1 aliphatic rings. The topological polar surface area (TPSA) is 145 Å². The van der Waals surface area contributed by atoms with E-state index in [0.29, 0.717) is 33.5 Å². The molecule has 1 amide bonds. The smallest absolute Gasteiger partial charge is 0.335 e. The second kappa shape index (κ2) is 14.3. The van der Waals surface area contributed by atoms with Crippen molar-refractivity contribution >= 4 is 38.6 Å². The lowest BCUT2D eigenvalue weighted by atomic mass is 10.0. The zero-order valence-corrected chi connectivity index (χ0v) is 26.3. The molecule has 46 heavy (non-hydrogen) atoms. The van der Waals surface area contributed by atoms with Crippen LogP contribution < -0.4 is 14.4 Å². The highest BCUT2D eigenvalue weighted by molar-refractivity contribution is 7.92. The van der Waals surface area contributed by atoms with E-state index in [1.807, 2.05) is 6.07 Å². The molecule has 2 N–H and O–H groups in total. The molecule has 13 heteroatoms. The van der Waals surface area contributed by atoms with Crippen LogP contribution in [-0.4, -0.2) is 78.3 Å². The van der Waals surface area contributed by atoms with Crippen molar-refractivity contribution in [1.29, 1.82) is 0 Å². The van der Waals surface area contributed by atoms with Gasteiger partial charge in [0.05, 0.1) is 56.0 Å². The van der Waals surface area contributed by atoms with Crippen LogP contribution in [0.5, 0.6) is 5.75 Å². The van der Waals surface area contributed by atoms with Gasteiger partial charge >= 0.3 is 5.97 Å². The molecule has 0 spiro atoms. The van der Waals surface area contributed by atoms with Gasteiger partial charge in [-0.25, -0.2) is 17.6 Å². The van der Waals surface area contributed by atoms with Gasteiger partial charge in [-0.3, -0.25) is 9.10 Å². The summed E-state index contributed by atoms with van der Waals surface area (Å²) in [7, 11) is -2.21. The molecule has 3 aromatic carbocycles. The third-order valence-electron chi connectivity index (χ3n) is 7.49. The predicted molar refractivity (Wildman–Crippen MR) is 170 cm³/mol. The number of hydrogen-bond donors (Lipinski definition) is 2. The molecule has 11 nitrogen and oxygen atoms in total. The molecule has 1 aromatic heterocycles. The number of nitrogens with zero attached hydrogens (tertiary/aromatic N) is 1. The lowest BCUT2D eigenvalue weighted by Crippen LogP contribution is -2.34. The number of ether oxygens (including phenoxy) is 3. The summed E-state index contributed by atoms with van der Waals surface area (Å²) >= 11 is 0. The first kappa shape index (κ1) is 32.9. The number of carboxylic acid groups (broad SMARTS) is 1. The van der Waals surface area contributed by atoms with Crippen molar-refractivity contribution in [1.82, 2.24) is 5.32 Å². The molecule has 1 heterocycles. The quantitative estimate of drug-likeness (QED) is 0.159. The van der Waals surface area contributed by atoms with Gasteiger partial charge in [-0.05, 0) is 78.9 Å². The normalized spacial score (nSPS) is 13.1. The van der Waals surface area contributed by atoms with Crippen molar-refractivity contribution in [2.24, 2.45) is 0 Å². The molecule has 1 fully saturated rings. The number of carboxylic acids is 1. The second-order valence-electron chi connectivity index (χ2n) is 10.8. The van der Waals surface area contributed by atoms with Gasteiger partial charge in [-0.2, -0.15) is 0 Å². The summed E-state index contributed by atoms with van der Waals surface area (Å²) in [4.78, 5) is 23.9. The van der Waals surface area contributed by atoms with E-state index in [1.165, 1.54) is 47.8 Å². The fraction of sp³-hybridized carbons (Fsp3) is 0.333. The minimum Gasteiger partial charge on any atom is -0.491 e. The third-order valence-corrected chi connectivity index (χ3v) is 8.67. The van der Waals surface area contributed by atoms with Gasteiger partial charge in [0.25, 0.3) is 5.91 Å². The number of sulfonamides is 1.